The number of nitrogens with one attached hydrogen (secondary N) is 3. The summed E-state index contributed by atoms with van der Waals surface area (Å²) in [5, 5.41) is 19.8. The third-order valence-electron chi connectivity index (χ3n) is 6.11. The molecule has 0 saturated carbocycles. The molecule has 0 fully saturated rings. The van der Waals surface area contributed by atoms with Crippen molar-refractivity contribution in [1.82, 2.24) is 16.0 Å². The molecule has 39 heavy (non-hydrogen) atoms. The van der Waals surface area contributed by atoms with Crippen molar-refractivity contribution < 1.29 is 28.2 Å². The number of hydrogen-bond donors (Lipinski definition) is 4. The summed E-state index contributed by atoms with van der Waals surface area (Å²) < 4.78 is 33.0. The van der Waals surface area contributed by atoms with Gasteiger partial charge in [0, 0.05) is 36.8 Å². The number of amides is 2. The number of carbonyl (C=O) groups is 2. The van der Waals surface area contributed by atoms with E-state index in [1.165, 1.54) is 18.2 Å². The first kappa shape index (κ1) is 29.7. The summed E-state index contributed by atoms with van der Waals surface area (Å²) in [6.45, 7) is 4.75. The second-order valence-electron chi connectivity index (χ2n) is 9.46. The van der Waals surface area contributed by atoms with Crippen molar-refractivity contribution in [2.24, 2.45) is 0 Å². The molecule has 0 heterocycles. The zero-order valence-corrected chi connectivity index (χ0v) is 22.4. The van der Waals surface area contributed by atoms with Gasteiger partial charge in [0.15, 0.2) is 0 Å². The molecule has 3 aromatic rings. The van der Waals surface area contributed by atoms with E-state index in [1.54, 1.807) is 26.2 Å². The molecule has 0 saturated heterocycles. The van der Waals surface area contributed by atoms with E-state index in [9.17, 15) is 23.5 Å². The molecule has 0 spiro atoms. The molecule has 4 N–H and O–H groups in total. The van der Waals surface area contributed by atoms with Crippen molar-refractivity contribution in [1.29, 1.82) is 0 Å². The predicted octanol–water partition coefficient (Wildman–Crippen LogP) is 3.91. The Morgan fingerprint density at radius 1 is 0.949 bits per heavy atom. The molecule has 2 atom stereocenters. The quantitative estimate of drug-likeness (QED) is 0.264. The fraction of sp³-hybridized carbons (Fsp3) is 0.333. The monoisotopic (exact) mass is 539 g/mol. The van der Waals surface area contributed by atoms with Crippen LogP contribution in [-0.4, -0.2) is 49.3 Å². The lowest BCUT2D eigenvalue weighted by Gasteiger charge is -2.25. The Kier molecular flexibility index (Phi) is 11.0. The Morgan fingerprint density at radius 3 is 2.31 bits per heavy atom. The van der Waals surface area contributed by atoms with Gasteiger partial charge in [-0.05, 0) is 78.9 Å². The van der Waals surface area contributed by atoms with Gasteiger partial charge in [0.2, 0.25) is 0 Å². The summed E-state index contributed by atoms with van der Waals surface area (Å²) in [5.41, 5.74) is 2.52. The zero-order chi connectivity index (χ0) is 28.4. The van der Waals surface area contributed by atoms with Crippen LogP contribution in [-0.2, 0) is 13.0 Å². The molecule has 3 aromatic carbocycles. The normalized spacial score (nSPS) is 12.5. The van der Waals surface area contributed by atoms with E-state index < -0.39 is 29.7 Å². The van der Waals surface area contributed by atoms with E-state index in [2.05, 4.69) is 16.0 Å². The average Bonchev–Trinajstić information content (AvgIpc) is 2.90. The van der Waals surface area contributed by atoms with Gasteiger partial charge in [0.1, 0.15) is 17.4 Å². The third kappa shape index (κ3) is 9.15. The maximum Gasteiger partial charge on any atom is 0.251 e. The Morgan fingerprint density at radius 2 is 1.64 bits per heavy atom. The van der Waals surface area contributed by atoms with Gasteiger partial charge in [-0.2, -0.15) is 0 Å². The summed E-state index contributed by atoms with van der Waals surface area (Å²) in [6.07, 6.45) is -0.335. The first-order chi connectivity index (χ1) is 18.7. The van der Waals surface area contributed by atoms with Crippen molar-refractivity contribution >= 4 is 11.8 Å². The maximum atomic E-state index is 13.9. The fourth-order valence-electron chi connectivity index (χ4n) is 4.19. The van der Waals surface area contributed by atoms with Gasteiger partial charge in [-0.25, -0.2) is 8.78 Å². The number of methoxy groups -OCH3 is 1. The van der Waals surface area contributed by atoms with Crippen molar-refractivity contribution in [3.05, 3.63) is 100 Å². The van der Waals surface area contributed by atoms with E-state index >= 15 is 0 Å². The van der Waals surface area contributed by atoms with E-state index in [1.807, 2.05) is 31.2 Å². The number of aryl methyl sites for hydroxylation is 1. The minimum atomic E-state index is -1.09. The fourth-order valence-corrected chi connectivity index (χ4v) is 4.19. The zero-order valence-electron chi connectivity index (χ0n) is 22.4. The molecule has 208 valence electrons. The van der Waals surface area contributed by atoms with Gasteiger partial charge in [-0.15, -0.1) is 0 Å². The number of carbonyl (C=O) groups excluding carboxylic acids is 2. The predicted molar refractivity (Wildman–Crippen MR) is 146 cm³/mol. The molecule has 0 unspecified atom stereocenters. The van der Waals surface area contributed by atoms with Crippen LogP contribution in [0.1, 0.15) is 50.8 Å². The van der Waals surface area contributed by atoms with Gasteiger partial charge in [0.25, 0.3) is 11.8 Å². The van der Waals surface area contributed by atoms with E-state index in [4.69, 9.17) is 4.74 Å². The first-order valence-electron chi connectivity index (χ1n) is 12.9. The van der Waals surface area contributed by atoms with Crippen LogP contribution in [0.3, 0.4) is 0 Å². The van der Waals surface area contributed by atoms with Crippen LogP contribution in [0, 0.1) is 18.6 Å². The molecule has 2 amide bonds. The highest BCUT2D eigenvalue weighted by atomic mass is 19.1. The summed E-state index contributed by atoms with van der Waals surface area (Å²) in [6, 6.07) is 14.5. The molecule has 0 radical (unpaired) electrons. The lowest BCUT2D eigenvalue weighted by atomic mass is 9.99. The lowest BCUT2D eigenvalue weighted by Crippen LogP contribution is -2.48. The molecule has 0 aliphatic rings. The van der Waals surface area contributed by atoms with Crippen LogP contribution in [0.25, 0.3) is 0 Å². The smallest absolute Gasteiger partial charge is 0.251 e. The summed E-state index contributed by atoms with van der Waals surface area (Å²) >= 11 is 0. The van der Waals surface area contributed by atoms with Crippen LogP contribution in [0.4, 0.5) is 8.78 Å². The maximum absolute atomic E-state index is 13.9. The highest BCUT2D eigenvalue weighted by Gasteiger charge is 2.24. The number of aliphatic hydroxyl groups is 1. The Labute approximate surface area is 227 Å². The van der Waals surface area contributed by atoms with Crippen LogP contribution in [0.15, 0.2) is 60.7 Å². The summed E-state index contributed by atoms with van der Waals surface area (Å²) in [7, 11) is 1.58. The van der Waals surface area contributed by atoms with Gasteiger partial charge in [0.05, 0.1) is 19.3 Å². The van der Waals surface area contributed by atoms with Gasteiger partial charge >= 0.3 is 0 Å². The second-order valence-corrected chi connectivity index (χ2v) is 9.46. The molecular formula is C30H35F2N3O4. The van der Waals surface area contributed by atoms with Crippen LogP contribution >= 0.6 is 0 Å². The highest BCUT2D eigenvalue weighted by molar-refractivity contribution is 6.00. The Balaban J connectivity index is 1.77. The summed E-state index contributed by atoms with van der Waals surface area (Å²) in [4.78, 5) is 25.7. The van der Waals surface area contributed by atoms with E-state index in [0.717, 1.165) is 18.1 Å². The molecule has 9 heteroatoms. The van der Waals surface area contributed by atoms with E-state index in [-0.39, 0.29) is 30.0 Å². The largest absolute Gasteiger partial charge is 0.497 e. The Hall–Kier alpha value is -3.82. The van der Waals surface area contributed by atoms with Crippen molar-refractivity contribution in [2.75, 3.05) is 20.2 Å². The number of aliphatic hydroxyl groups excluding tert-OH is 1. The molecule has 0 aromatic heterocycles. The van der Waals surface area contributed by atoms with Crippen LogP contribution in [0.2, 0.25) is 0 Å². The minimum absolute atomic E-state index is 0.0158. The molecule has 0 bridgehead atoms. The van der Waals surface area contributed by atoms with Crippen LogP contribution in [0.5, 0.6) is 5.75 Å². The number of benzene rings is 3. The van der Waals surface area contributed by atoms with Gasteiger partial charge in [-0.1, -0.05) is 19.1 Å². The standard InChI is InChI=1S/C30H35F2N3O4/c1-4-8-34-29(37)22-9-19(2)10-23(15-22)30(38)35-27(14-21-11-24(31)16-25(32)12-21)28(36)18-33-17-20-6-5-7-26(13-20)39-3/h5-7,9-13,15-16,27-28,33,36H,4,8,14,17-18H2,1-3H3,(H,34,37)(H,35,38)/t27-,28+/m0/s1. The molecule has 0 aliphatic carbocycles. The van der Waals surface area contributed by atoms with Crippen LogP contribution < -0.4 is 20.7 Å². The second kappa shape index (κ2) is 14.4. The SMILES string of the molecule is CCCNC(=O)c1cc(C)cc(C(=O)N[C@@H](Cc2cc(F)cc(F)c2)[C@H](O)CNCc2cccc(OC)c2)c1. The van der Waals surface area contributed by atoms with Crippen molar-refractivity contribution in [3.63, 3.8) is 0 Å². The highest BCUT2D eigenvalue weighted by Crippen LogP contribution is 2.15. The lowest BCUT2D eigenvalue weighted by molar-refractivity contribution is 0.0829. The van der Waals surface area contributed by atoms with Crippen molar-refractivity contribution in [3.8, 4) is 5.75 Å². The number of halogens is 2. The van der Waals surface area contributed by atoms with E-state index in [0.29, 0.717) is 30.0 Å². The molecular weight excluding hydrogens is 504 g/mol. The van der Waals surface area contributed by atoms with Gasteiger partial charge < -0.3 is 25.8 Å². The summed E-state index contributed by atoms with van der Waals surface area (Å²) in [5.74, 6) is -1.60. The number of hydrogen-bond acceptors (Lipinski definition) is 5. The molecule has 7 nitrogen and oxygen atoms in total. The number of ether oxygens (including phenoxy) is 1. The minimum Gasteiger partial charge on any atom is -0.497 e. The molecule has 3 rings (SSSR count). The number of rotatable bonds is 13. The third-order valence-corrected chi connectivity index (χ3v) is 6.11. The molecule has 0 aliphatic heterocycles. The Bertz CT molecular complexity index is 1260. The first-order valence-corrected chi connectivity index (χ1v) is 12.9. The van der Waals surface area contributed by atoms with Gasteiger partial charge in [-0.3, -0.25) is 9.59 Å². The van der Waals surface area contributed by atoms with Crippen molar-refractivity contribution in [2.45, 2.75) is 45.4 Å². The topological polar surface area (TPSA) is 99.7 Å². The average molecular weight is 540 g/mol.